The van der Waals surface area contributed by atoms with Crippen LogP contribution in [0, 0.1) is 11.3 Å². The number of pyridine rings is 1. The second kappa shape index (κ2) is 13.0. The minimum Gasteiger partial charge on any atom is -0.490 e. The van der Waals surface area contributed by atoms with E-state index in [2.05, 4.69) is 16.4 Å². The van der Waals surface area contributed by atoms with E-state index >= 15 is 0 Å². The molecule has 0 aliphatic heterocycles. The molecule has 39 heavy (non-hydrogen) atoms. The molecule has 0 spiro atoms. The number of anilines is 1. The highest BCUT2D eigenvalue weighted by molar-refractivity contribution is 6.00. The molecule has 0 bridgehead atoms. The van der Waals surface area contributed by atoms with Gasteiger partial charge in [-0.05, 0) is 67.4 Å². The van der Waals surface area contributed by atoms with E-state index < -0.39 is 0 Å². The first-order valence-electron chi connectivity index (χ1n) is 12.8. The number of ether oxygens (including phenoxy) is 2. The van der Waals surface area contributed by atoms with Crippen LogP contribution in [0.15, 0.2) is 84.9 Å². The van der Waals surface area contributed by atoms with Gasteiger partial charge in [-0.25, -0.2) is 4.98 Å². The van der Waals surface area contributed by atoms with Crippen molar-refractivity contribution >= 4 is 17.5 Å². The lowest BCUT2D eigenvalue weighted by molar-refractivity contribution is -0.116. The van der Waals surface area contributed by atoms with Crippen LogP contribution in [0.5, 0.6) is 11.5 Å². The summed E-state index contributed by atoms with van der Waals surface area (Å²) in [6.07, 6.45) is 0.0212. The van der Waals surface area contributed by atoms with Gasteiger partial charge in [0.25, 0.3) is 0 Å². The first kappa shape index (κ1) is 27.1. The summed E-state index contributed by atoms with van der Waals surface area (Å²) in [5.74, 6) is 0.951. The van der Waals surface area contributed by atoms with E-state index in [1.54, 1.807) is 36.4 Å². The highest BCUT2D eigenvalue weighted by Gasteiger charge is 2.15. The second-order valence-electron chi connectivity index (χ2n) is 8.68. The first-order valence-corrected chi connectivity index (χ1v) is 12.8. The molecular formula is C32H29N3O4. The minimum atomic E-state index is -0.325. The van der Waals surface area contributed by atoms with Crippen molar-refractivity contribution in [2.75, 3.05) is 18.5 Å². The Labute approximate surface area is 228 Å². The smallest absolute Gasteiger partial charge is 0.225 e. The Kier molecular flexibility index (Phi) is 9.04. The number of hydrogen-bond donors (Lipinski definition) is 1. The van der Waals surface area contributed by atoms with Crippen LogP contribution in [-0.4, -0.2) is 29.9 Å². The normalized spacial score (nSPS) is 10.4. The quantitative estimate of drug-likeness (QED) is 0.222. The average Bonchev–Trinajstić information content (AvgIpc) is 2.97. The van der Waals surface area contributed by atoms with Gasteiger partial charge in [0.15, 0.2) is 17.3 Å². The van der Waals surface area contributed by atoms with E-state index in [0.717, 1.165) is 16.7 Å². The standard InChI is InChI=1S/C32H29N3O4/c1-3-38-29-15-13-25(19-30(29)39-4-2)28(36)14-16-32(37)35-31-20-26(24-12-8-9-22(17-24)21-33)18-27(34-31)23-10-6-5-7-11-23/h5-13,15,17-20H,3-4,14,16H2,1-2H3,(H,34,35,37). The Morgan fingerprint density at radius 2 is 1.54 bits per heavy atom. The molecule has 7 heteroatoms. The maximum atomic E-state index is 12.9. The van der Waals surface area contributed by atoms with Gasteiger partial charge in [0, 0.05) is 24.0 Å². The largest absolute Gasteiger partial charge is 0.490 e. The molecular weight excluding hydrogens is 490 g/mol. The number of nitriles is 1. The number of hydrogen-bond acceptors (Lipinski definition) is 6. The van der Waals surface area contributed by atoms with E-state index in [4.69, 9.17) is 9.47 Å². The summed E-state index contributed by atoms with van der Waals surface area (Å²) in [5, 5.41) is 12.2. The Hall–Kier alpha value is -4.96. The van der Waals surface area contributed by atoms with Crippen molar-refractivity contribution in [2.45, 2.75) is 26.7 Å². The van der Waals surface area contributed by atoms with Gasteiger partial charge in [-0.15, -0.1) is 0 Å². The molecule has 4 rings (SSSR count). The minimum absolute atomic E-state index is 0.00743. The number of Topliss-reactive ketones (excluding diaryl/α,β-unsaturated/α-hetero) is 1. The molecule has 1 heterocycles. The SMILES string of the molecule is CCOc1ccc(C(=O)CCC(=O)Nc2cc(-c3cccc(C#N)c3)cc(-c3ccccc3)n2)cc1OCC. The fourth-order valence-electron chi connectivity index (χ4n) is 4.09. The zero-order chi connectivity index (χ0) is 27.6. The van der Waals surface area contributed by atoms with E-state index in [1.165, 1.54) is 0 Å². The maximum Gasteiger partial charge on any atom is 0.225 e. The number of carbonyl (C=O) groups excluding carboxylic acids is 2. The van der Waals surface area contributed by atoms with Crippen molar-refractivity contribution in [1.82, 2.24) is 4.98 Å². The molecule has 4 aromatic rings. The number of aromatic nitrogens is 1. The predicted molar refractivity (Wildman–Crippen MR) is 151 cm³/mol. The van der Waals surface area contributed by atoms with Gasteiger partial charge in [-0.2, -0.15) is 5.26 Å². The van der Waals surface area contributed by atoms with Crippen LogP contribution in [0.1, 0.15) is 42.6 Å². The third-order valence-electron chi connectivity index (χ3n) is 5.93. The lowest BCUT2D eigenvalue weighted by Gasteiger charge is -2.12. The molecule has 1 aromatic heterocycles. The Bertz CT molecular complexity index is 1510. The molecule has 0 fully saturated rings. The lowest BCUT2D eigenvalue weighted by Crippen LogP contribution is -2.15. The maximum absolute atomic E-state index is 12.9. The Morgan fingerprint density at radius 3 is 2.28 bits per heavy atom. The molecule has 196 valence electrons. The summed E-state index contributed by atoms with van der Waals surface area (Å²) in [7, 11) is 0. The molecule has 1 amide bonds. The van der Waals surface area contributed by atoms with Crippen molar-refractivity contribution in [2.24, 2.45) is 0 Å². The monoisotopic (exact) mass is 519 g/mol. The summed E-state index contributed by atoms with van der Waals surface area (Å²) < 4.78 is 11.2. The van der Waals surface area contributed by atoms with Gasteiger partial charge in [0.05, 0.1) is 30.5 Å². The summed E-state index contributed by atoms with van der Waals surface area (Å²) in [6, 6.07) is 27.8. The zero-order valence-corrected chi connectivity index (χ0v) is 21.9. The van der Waals surface area contributed by atoms with Gasteiger partial charge in [-0.1, -0.05) is 42.5 Å². The van der Waals surface area contributed by atoms with E-state index in [0.29, 0.717) is 47.4 Å². The van der Waals surface area contributed by atoms with Crippen molar-refractivity contribution in [3.05, 3.63) is 96.1 Å². The molecule has 7 nitrogen and oxygen atoms in total. The van der Waals surface area contributed by atoms with Crippen LogP contribution < -0.4 is 14.8 Å². The highest BCUT2D eigenvalue weighted by Crippen LogP contribution is 2.30. The van der Waals surface area contributed by atoms with Crippen molar-refractivity contribution < 1.29 is 19.1 Å². The summed E-state index contributed by atoms with van der Waals surface area (Å²) >= 11 is 0. The molecule has 0 saturated heterocycles. The fourth-order valence-corrected chi connectivity index (χ4v) is 4.09. The number of carbonyl (C=O) groups is 2. The molecule has 0 atom stereocenters. The number of ketones is 1. The van der Waals surface area contributed by atoms with Gasteiger partial charge in [0.2, 0.25) is 5.91 Å². The topological polar surface area (TPSA) is 101 Å². The molecule has 0 saturated carbocycles. The Morgan fingerprint density at radius 1 is 0.795 bits per heavy atom. The molecule has 1 N–H and O–H groups in total. The van der Waals surface area contributed by atoms with E-state index in [1.807, 2.05) is 62.4 Å². The van der Waals surface area contributed by atoms with Crippen LogP contribution in [0.25, 0.3) is 22.4 Å². The fraction of sp³-hybridized carbons (Fsp3) is 0.188. The van der Waals surface area contributed by atoms with Crippen LogP contribution >= 0.6 is 0 Å². The van der Waals surface area contributed by atoms with E-state index in [9.17, 15) is 14.9 Å². The van der Waals surface area contributed by atoms with Crippen molar-refractivity contribution in [1.29, 1.82) is 5.26 Å². The lowest BCUT2D eigenvalue weighted by atomic mass is 10.0. The molecule has 0 radical (unpaired) electrons. The third kappa shape index (κ3) is 7.08. The number of nitrogens with zero attached hydrogens (tertiary/aromatic N) is 2. The highest BCUT2D eigenvalue weighted by atomic mass is 16.5. The van der Waals surface area contributed by atoms with Gasteiger partial charge in [-0.3, -0.25) is 9.59 Å². The van der Waals surface area contributed by atoms with Gasteiger partial charge < -0.3 is 14.8 Å². The third-order valence-corrected chi connectivity index (χ3v) is 5.93. The number of nitrogens with one attached hydrogen (secondary N) is 1. The van der Waals surface area contributed by atoms with Crippen molar-refractivity contribution in [3.8, 4) is 40.0 Å². The number of amides is 1. The Balaban J connectivity index is 1.52. The molecule has 3 aromatic carbocycles. The van der Waals surface area contributed by atoms with Crippen molar-refractivity contribution in [3.63, 3.8) is 0 Å². The van der Waals surface area contributed by atoms with Crippen LogP contribution in [-0.2, 0) is 4.79 Å². The number of benzene rings is 3. The number of rotatable bonds is 11. The first-order chi connectivity index (χ1) is 19.0. The summed E-state index contributed by atoms with van der Waals surface area (Å²) in [4.78, 5) is 30.4. The molecule has 0 unspecified atom stereocenters. The van der Waals surface area contributed by atoms with Gasteiger partial charge >= 0.3 is 0 Å². The molecule has 0 aliphatic carbocycles. The summed E-state index contributed by atoms with van der Waals surface area (Å²) in [5.41, 5.74) is 4.21. The van der Waals surface area contributed by atoms with Crippen LogP contribution in [0.3, 0.4) is 0 Å². The average molecular weight is 520 g/mol. The molecule has 0 aliphatic rings. The van der Waals surface area contributed by atoms with Gasteiger partial charge in [0.1, 0.15) is 5.82 Å². The van der Waals surface area contributed by atoms with E-state index in [-0.39, 0.29) is 24.5 Å². The zero-order valence-electron chi connectivity index (χ0n) is 21.9. The second-order valence-corrected chi connectivity index (χ2v) is 8.68. The van der Waals surface area contributed by atoms with Crippen LogP contribution in [0.2, 0.25) is 0 Å². The summed E-state index contributed by atoms with van der Waals surface area (Å²) in [6.45, 7) is 4.67. The predicted octanol–water partition coefficient (Wildman–Crippen LogP) is 6.69. The van der Waals surface area contributed by atoms with Crippen LogP contribution in [0.4, 0.5) is 5.82 Å².